The van der Waals surface area contributed by atoms with Gasteiger partial charge in [-0.15, -0.1) is 11.3 Å². The van der Waals surface area contributed by atoms with E-state index in [0.29, 0.717) is 34.9 Å². The van der Waals surface area contributed by atoms with Gasteiger partial charge >= 0.3 is 0 Å². The van der Waals surface area contributed by atoms with Crippen molar-refractivity contribution in [2.24, 2.45) is 0 Å². The van der Waals surface area contributed by atoms with E-state index in [9.17, 15) is 0 Å². The van der Waals surface area contributed by atoms with Crippen molar-refractivity contribution in [2.75, 3.05) is 0 Å². The second kappa shape index (κ2) is 26.3. The number of hydrogen-bond donors (Lipinski definition) is 0. The van der Waals surface area contributed by atoms with Crippen LogP contribution in [-0.4, -0.2) is 29.9 Å². The highest BCUT2D eigenvalue weighted by Crippen LogP contribution is 2.44. The maximum Gasteiger partial charge on any atom is 0.164 e. The summed E-state index contributed by atoms with van der Waals surface area (Å²) in [6.45, 7) is 0. The second-order valence-corrected chi connectivity index (χ2v) is 28.7. The van der Waals surface area contributed by atoms with Gasteiger partial charge in [-0.25, -0.2) is 29.9 Å². The zero-order chi connectivity index (χ0) is 71.9. The van der Waals surface area contributed by atoms with Gasteiger partial charge in [-0.3, -0.25) is 0 Å². The lowest BCUT2D eigenvalue weighted by molar-refractivity contribution is 0.669. The van der Waals surface area contributed by atoms with E-state index in [-0.39, 0.29) is 0 Å². The molecule has 0 N–H and O–H groups in total. The normalized spacial score (nSPS) is 11.7. The number of furan rings is 2. The number of nitrogens with zero attached hydrogens (tertiary/aromatic N) is 6. The minimum atomic E-state index is 0.567. The molecule has 0 amide bonds. The third kappa shape index (κ3) is 11.6. The first kappa shape index (κ1) is 63.1. The lowest BCUT2D eigenvalue weighted by Gasteiger charge is -2.11. The first-order chi connectivity index (χ1) is 53.9. The fraction of sp³-hybridized carbons (Fsp3) is 0. The van der Waals surface area contributed by atoms with E-state index < -0.39 is 0 Å². The Morgan fingerprint density at radius 1 is 0.183 bits per heavy atom. The Balaban J connectivity index is 0.567. The van der Waals surface area contributed by atoms with Crippen LogP contribution >= 0.6 is 11.3 Å². The Bertz CT molecular complexity index is 7100. The summed E-state index contributed by atoms with van der Waals surface area (Å²) in [7, 11) is 0. The van der Waals surface area contributed by atoms with Crippen LogP contribution in [0.15, 0.2) is 373 Å². The molecule has 0 fully saturated rings. The zero-order valence-corrected chi connectivity index (χ0v) is 59.4. The average Bonchev–Trinajstić information content (AvgIpc) is 1.63. The molecule has 5 aromatic heterocycles. The monoisotopic (exact) mass is 1410 g/mol. The van der Waals surface area contributed by atoms with Crippen LogP contribution in [0.2, 0.25) is 0 Å². The topological polar surface area (TPSA) is 104 Å². The summed E-state index contributed by atoms with van der Waals surface area (Å²) in [5, 5.41) is 8.77. The van der Waals surface area contributed by atoms with Crippen LogP contribution in [0.3, 0.4) is 0 Å². The maximum absolute atomic E-state index is 6.86. The van der Waals surface area contributed by atoms with E-state index in [4.69, 9.17) is 38.7 Å². The summed E-state index contributed by atoms with van der Waals surface area (Å²) in [4.78, 5) is 31.4. The summed E-state index contributed by atoms with van der Waals surface area (Å²) in [5.74, 6) is 3.55. The molecule has 0 unspecified atom stereocenters. The molecule has 0 saturated carbocycles. The standard InChI is InChI=1S/C100H60N6O2S/c1-4-15-61(16-5-1)63-29-31-65(32-30-63)69-41-49-74(50-42-69)97-101-95(72-19-8-3-9-20-72)105-100(106-97)85-25-14-27-89-93(85)84-24-12-23-81(94(84)108-89)71-45-37-67(38-46-71)64-33-35-66(36-34-64)68-39-47-73(48-40-68)96-102-98(104-99(103-96)78-53-55-83-82-21-10-11-28-90(82)109-91(83)60-78)77-52-44-70-43-51-76(57-79(70)58-77)80-22-13-26-88-92(80)86-59-75(54-56-87(86)107-88)62-17-6-2-7-18-62/h1-60H. The SMILES string of the molecule is c1ccc(-c2ccc(-c3ccc(-c4nc(-c5ccccc5)nc(-c5cccc6oc7c(-c8ccc(-c9ccc(-c%10ccc(-c%11nc(-c%12ccc%13ccc(-c%14cccc%15oc%16ccc(-c%17ccccc%17)cc%16c%14%15)cc%13c%12)nc(-c%12ccc%13c(c%12)sc%12ccccc%12%13)n%11)cc%10)cc9)cc8)cccc7c56)n4)cc3)cc2)cc1. The predicted octanol–water partition coefficient (Wildman–Crippen LogP) is 27.0. The quantitative estimate of drug-likeness (QED) is 0.112. The highest BCUT2D eigenvalue weighted by atomic mass is 32.1. The van der Waals surface area contributed by atoms with Crippen LogP contribution in [-0.2, 0) is 0 Å². The molecular weight excluding hydrogens is 1350 g/mol. The van der Waals surface area contributed by atoms with E-state index in [1.54, 1.807) is 11.3 Å². The van der Waals surface area contributed by atoms with Crippen molar-refractivity contribution >= 4 is 86.2 Å². The van der Waals surface area contributed by atoms with E-state index in [0.717, 1.165) is 149 Å². The van der Waals surface area contributed by atoms with Gasteiger partial charge in [0.25, 0.3) is 0 Å². The van der Waals surface area contributed by atoms with Crippen LogP contribution in [0.25, 0.3) is 221 Å². The Morgan fingerprint density at radius 2 is 0.560 bits per heavy atom. The van der Waals surface area contributed by atoms with Gasteiger partial charge in [-0.2, -0.15) is 0 Å². The Labute approximate surface area is 630 Å². The second-order valence-electron chi connectivity index (χ2n) is 27.6. The van der Waals surface area contributed by atoms with Crippen molar-refractivity contribution in [3.63, 3.8) is 0 Å². The van der Waals surface area contributed by atoms with E-state index >= 15 is 0 Å². The van der Waals surface area contributed by atoms with Crippen molar-refractivity contribution in [3.8, 4) is 146 Å². The smallest absolute Gasteiger partial charge is 0.164 e. The molecule has 21 rings (SSSR count). The molecule has 9 heteroatoms. The van der Waals surface area contributed by atoms with Crippen molar-refractivity contribution in [1.29, 1.82) is 0 Å². The summed E-state index contributed by atoms with van der Waals surface area (Å²) < 4.78 is 15.8. The number of benzene rings is 16. The van der Waals surface area contributed by atoms with Crippen LogP contribution < -0.4 is 0 Å². The van der Waals surface area contributed by atoms with Crippen LogP contribution in [0.4, 0.5) is 0 Å². The summed E-state index contributed by atoms with van der Waals surface area (Å²) in [5.41, 5.74) is 24.2. The number of para-hydroxylation sites is 1. The molecule has 0 bridgehead atoms. The van der Waals surface area contributed by atoms with Crippen molar-refractivity contribution in [2.45, 2.75) is 0 Å². The van der Waals surface area contributed by atoms with Crippen LogP contribution in [0, 0.1) is 0 Å². The largest absolute Gasteiger partial charge is 0.456 e. The van der Waals surface area contributed by atoms with E-state index in [2.05, 4.69) is 315 Å². The molecule has 508 valence electrons. The highest BCUT2D eigenvalue weighted by molar-refractivity contribution is 7.25. The Hall–Kier alpha value is -14.4. The van der Waals surface area contributed by atoms with Crippen LogP contribution in [0.1, 0.15) is 0 Å². The lowest BCUT2D eigenvalue weighted by atomic mass is 9.95. The van der Waals surface area contributed by atoms with E-state index in [1.807, 2.05) is 48.5 Å². The molecule has 8 nitrogen and oxygen atoms in total. The van der Waals surface area contributed by atoms with E-state index in [1.165, 1.54) is 36.9 Å². The summed E-state index contributed by atoms with van der Waals surface area (Å²) >= 11 is 1.79. The molecule has 0 aliphatic rings. The molecule has 0 radical (unpaired) electrons. The third-order valence-corrected chi connectivity index (χ3v) is 22.2. The molecule has 0 aliphatic heterocycles. The third-order valence-electron chi connectivity index (χ3n) is 21.1. The van der Waals surface area contributed by atoms with Crippen molar-refractivity contribution in [3.05, 3.63) is 364 Å². The van der Waals surface area contributed by atoms with Crippen LogP contribution in [0.5, 0.6) is 0 Å². The van der Waals surface area contributed by atoms with Gasteiger partial charge in [0.1, 0.15) is 22.3 Å². The van der Waals surface area contributed by atoms with Gasteiger partial charge in [-0.05, 0) is 132 Å². The Kier molecular flexibility index (Phi) is 15.3. The molecule has 5 heterocycles. The van der Waals surface area contributed by atoms with Gasteiger partial charge < -0.3 is 8.83 Å². The molecule has 16 aromatic carbocycles. The molecule has 0 saturated heterocycles. The predicted molar refractivity (Wildman–Crippen MR) is 449 cm³/mol. The molecule has 0 aliphatic carbocycles. The van der Waals surface area contributed by atoms with Crippen molar-refractivity contribution in [1.82, 2.24) is 29.9 Å². The van der Waals surface area contributed by atoms with Gasteiger partial charge in [-0.1, -0.05) is 315 Å². The van der Waals surface area contributed by atoms with Gasteiger partial charge in [0.2, 0.25) is 0 Å². The van der Waals surface area contributed by atoms with Gasteiger partial charge in [0.15, 0.2) is 34.9 Å². The van der Waals surface area contributed by atoms with Gasteiger partial charge in [0, 0.05) is 80.7 Å². The first-order valence-electron chi connectivity index (χ1n) is 36.5. The zero-order valence-electron chi connectivity index (χ0n) is 58.5. The van der Waals surface area contributed by atoms with Crippen molar-refractivity contribution < 1.29 is 8.83 Å². The fourth-order valence-corrected chi connectivity index (χ4v) is 16.6. The number of rotatable bonds is 13. The van der Waals surface area contributed by atoms with Gasteiger partial charge in [0.05, 0.1) is 0 Å². The molecule has 21 aromatic rings. The number of aromatic nitrogens is 6. The fourth-order valence-electron chi connectivity index (χ4n) is 15.5. The molecule has 109 heavy (non-hydrogen) atoms. The number of thiophene rings is 1. The number of fused-ring (bicyclic) bond motifs is 10. The molecule has 0 atom stereocenters. The lowest BCUT2D eigenvalue weighted by Crippen LogP contribution is -2.00. The minimum absolute atomic E-state index is 0.567. The molecular formula is C100H60N6O2S. The summed E-state index contributed by atoms with van der Waals surface area (Å²) in [6, 6.07) is 128. The number of hydrogen-bond acceptors (Lipinski definition) is 9. The minimum Gasteiger partial charge on any atom is -0.456 e. The summed E-state index contributed by atoms with van der Waals surface area (Å²) in [6.07, 6.45) is 0. The maximum atomic E-state index is 6.86. The first-order valence-corrected chi connectivity index (χ1v) is 37.3. The average molecular weight is 1410 g/mol. The molecule has 0 spiro atoms. The Morgan fingerprint density at radius 3 is 1.15 bits per heavy atom. The highest BCUT2D eigenvalue weighted by Gasteiger charge is 2.23.